The lowest BCUT2D eigenvalue weighted by Crippen LogP contribution is -2.30. The molecule has 0 amide bonds. The zero-order valence-electron chi connectivity index (χ0n) is 66.8. The van der Waals surface area contributed by atoms with Gasteiger partial charge in [-0.3, -0.25) is 37.3 Å². The average molecular weight is 1490 g/mol. The van der Waals surface area contributed by atoms with Crippen LogP contribution in [0.1, 0.15) is 446 Å². The van der Waals surface area contributed by atoms with Crippen LogP contribution in [0.15, 0.2) is 0 Å². The van der Waals surface area contributed by atoms with Gasteiger partial charge in [0.1, 0.15) is 19.3 Å². The highest BCUT2D eigenvalue weighted by Gasteiger charge is 2.30. The molecule has 606 valence electrons. The molecule has 2 unspecified atom stereocenters. The normalized spacial score (nSPS) is 13.8. The molecule has 0 aliphatic rings. The standard InChI is InChI=1S/C83H162O17P2/c1-6-9-12-15-18-21-24-26-28-29-34-37-42-47-52-57-62-67-81(86)94-73-79(100-83(88)69-64-59-54-49-44-39-35-31-30-33-36-41-45-50-55-60-65-76(4)5)75-98-102(91,92)96-71-77(84)70-95-101(89,90)97-74-78(72-93-80(85)66-61-56-51-46-40-23-20-17-14-11-8-3)99-82(87)68-63-58-53-48-43-38-32-27-25-22-19-16-13-10-7-2/h76-79,84H,6-75H2,1-5H3,(H,89,90)(H,91,92)/t77-,78+,79+/m0/s1. The third kappa shape index (κ3) is 76.3. The van der Waals surface area contributed by atoms with Gasteiger partial charge in [0, 0.05) is 25.7 Å². The molecule has 0 fully saturated rings. The molecule has 0 rings (SSSR count). The van der Waals surface area contributed by atoms with E-state index in [-0.39, 0.29) is 25.7 Å². The second-order valence-corrected chi connectivity index (χ2v) is 33.3. The molecule has 0 spiro atoms. The maximum atomic E-state index is 13.1. The summed E-state index contributed by atoms with van der Waals surface area (Å²) in [6.07, 6.45) is 67.9. The predicted molar refractivity (Wildman–Crippen MR) is 418 cm³/mol. The first-order chi connectivity index (χ1) is 49.5. The van der Waals surface area contributed by atoms with Crippen LogP contribution in [0.2, 0.25) is 0 Å². The maximum absolute atomic E-state index is 13.1. The Morgan fingerprint density at radius 1 is 0.265 bits per heavy atom. The maximum Gasteiger partial charge on any atom is 0.472 e. The van der Waals surface area contributed by atoms with Crippen LogP contribution in [0.5, 0.6) is 0 Å². The summed E-state index contributed by atoms with van der Waals surface area (Å²) in [5.74, 6) is -1.29. The van der Waals surface area contributed by atoms with E-state index in [0.29, 0.717) is 25.7 Å². The van der Waals surface area contributed by atoms with Gasteiger partial charge in [-0.1, -0.05) is 394 Å². The largest absolute Gasteiger partial charge is 0.472 e. The van der Waals surface area contributed by atoms with Gasteiger partial charge in [-0.2, -0.15) is 0 Å². The molecule has 0 saturated carbocycles. The SMILES string of the molecule is CCCCCCCCCCCCCCCCCCCC(=O)OC[C@H](COP(=O)(O)OC[C@@H](O)COP(=O)(O)OC[C@@H](COC(=O)CCCCCCCCCCCCC)OC(=O)CCCCCCCCCCCCCCCCC)OC(=O)CCCCCCCCCCCCCCCCCCC(C)C. The van der Waals surface area contributed by atoms with Crippen LogP contribution < -0.4 is 0 Å². The van der Waals surface area contributed by atoms with Crippen molar-refractivity contribution in [1.82, 2.24) is 0 Å². The monoisotopic (exact) mass is 1490 g/mol. The zero-order valence-corrected chi connectivity index (χ0v) is 68.5. The molecule has 0 bridgehead atoms. The molecule has 5 atom stereocenters. The molecular formula is C83H162O17P2. The van der Waals surface area contributed by atoms with Crippen LogP contribution in [-0.2, 0) is 65.4 Å². The van der Waals surface area contributed by atoms with Crippen molar-refractivity contribution in [3.63, 3.8) is 0 Å². The van der Waals surface area contributed by atoms with Crippen LogP contribution in [-0.4, -0.2) is 96.7 Å². The van der Waals surface area contributed by atoms with E-state index in [9.17, 15) is 43.2 Å². The molecule has 0 radical (unpaired) electrons. The van der Waals surface area contributed by atoms with Gasteiger partial charge in [0.25, 0.3) is 0 Å². The Kier molecular flexibility index (Phi) is 74.4. The third-order valence-electron chi connectivity index (χ3n) is 19.5. The van der Waals surface area contributed by atoms with E-state index in [1.807, 2.05) is 0 Å². The number of phosphoric acid groups is 2. The minimum Gasteiger partial charge on any atom is -0.462 e. The number of hydrogen-bond donors (Lipinski definition) is 3. The Hall–Kier alpha value is -1.94. The molecule has 0 saturated heterocycles. The summed E-state index contributed by atoms with van der Waals surface area (Å²) in [4.78, 5) is 73.1. The van der Waals surface area contributed by atoms with Crippen molar-refractivity contribution < 1.29 is 80.2 Å². The number of esters is 4. The molecule has 17 nitrogen and oxygen atoms in total. The van der Waals surface area contributed by atoms with Crippen LogP contribution >= 0.6 is 15.6 Å². The van der Waals surface area contributed by atoms with Crippen molar-refractivity contribution in [3.05, 3.63) is 0 Å². The fourth-order valence-electron chi connectivity index (χ4n) is 12.9. The highest BCUT2D eigenvalue weighted by atomic mass is 31.2. The van der Waals surface area contributed by atoms with Crippen molar-refractivity contribution in [2.45, 2.75) is 464 Å². The molecule has 0 aromatic carbocycles. The second kappa shape index (κ2) is 75.9. The first kappa shape index (κ1) is 100. The Labute approximate surface area is 626 Å². The fraction of sp³-hybridized carbons (Fsp3) is 0.952. The Morgan fingerprint density at radius 2 is 0.451 bits per heavy atom. The topological polar surface area (TPSA) is 237 Å². The quantitative estimate of drug-likeness (QED) is 0.0222. The van der Waals surface area contributed by atoms with Crippen molar-refractivity contribution in [2.24, 2.45) is 5.92 Å². The average Bonchev–Trinajstić information content (AvgIpc) is 0.931. The molecule has 0 aliphatic heterocycles. The first-order valence-corrected chi connectivity index (χ1v) is 46.1. The number of ether oxygens (including phenoxy) is 4. The number of carbonyl (C=O) groups excluding carboxylic acids is 4. The number of aliphatic hydroxyl groups excluding tert-OH is 1. The number of phosphoric ester groups is 2. The smallest absolute Gasteiger partial charge is 0.462 e. The van der Waals surface area contributed by atoms with E-state index in [2.05, 4.69) is 34.6 Å². The number of rotatable bonds is 83. The number of unbranched alkanes of at least 4 members (excludes halogenated alkanes) is 55. The summed E-state index contributed by atoms with van der Waals surface area (Å²) in [6, 6.07) is 0. The lowest BCUT2D eigenvalue weighted by molar-refractivity contribution is -0.161. The van der Waals surface area contributed by atoms with E-state index < -0.39 is 97.5 Å². The summed E-state index contributed by atoms with van der Waals surface area (Å²) in [5, 5.41) is 10.7. The van der Waals surface area contributed by atoms with Gasteiger partial charge in [0.05, 0.1) is 26.4 Å². The zero-order chi connectivity index (χ0) is 74.8. The molecule has 0 aromatic rings. The van der Waals surface area contributed by atoms with Crippen molar-refractivity contribution in [1.29, 1.82) is 0 Å². The van der Waals surface area contributed by atoms with Crippen LogP contribution in [0.3, 0.4) is 0 Å². The summed E-state index contributed by atoms with van der Waals surface area (Å²) in [7, 11) is -9.92. The van der Waals surface area contributed by atoms with Gasteiger partial charge in [0.2, 0.25) is 0 Å². The first-order valence-electron chi connectivity index (χ1n) is 43.1. The Morgan fingerprint density at radius 3 is 0.667 bits per heavy atom. The molecule has 19 heteroatoms. The van der Waals surface area contributed by atoms with E-state index in [4.69, 9.17) is 37.0 Å². The molecular weight excluding hydrogens is 1330 g/mol. The van der Waals surface area contributed by atoms with Crippen LogP contribution in [0.25, 0.3) is 0 Å². The third-order valence-corrected chi connectivity index (χ3v) is 21.4. The number of hydrogen-bond acceptors (Lipinski definition) is 15. The number of aliphatic hydroxyl groups is 1. The van der Waals surface area contributed by atoms with E-state index in [1.165, 1.54) is 270 Å². The van der Waals surface area contributed by atoms with Crippen molar-refractivity contribution in [2.75, 3.05) is 39.6 Å². The summed E-state index contributed by atoms with van der Waals surface area (Å²) < 4.78 is 68.8. The minimum absolute atomic E-state index is 0.109. The minimum atomic E-state index is -4.96. The number of carbonyl (C=O) groups is 4. The van der Waals surface area contributed by atoms with Crippen LogP contribution in [0.4, 0.5) is 0 Å². The van der Waals surface area contributed by atoms with Gasteiger partial charge in [-0.15, -0.1) is 0 Å². The molecule has 3 N–H and O–H groups in total. The van der Waals surface area contributed by atoms with E-state index in [0.717, 1.165) is 95.8 Å². The van der Waals surface area contributed by atoms with Gasteiger partial charge < -0.3 is 33.8 Å². The van der Waals surface area contributed by atoms with Gasteiger partial charge in [-0.05, 0) is 31.6 Å². The summed E-state index contributed by atoms with van der Waals surface area (Å²) in [6.45, 7) is 7.38. The highest BCUT2D eigenvalue weighted by Crippen LogP contribution is 2.45. The summed E-state index contributed by atoms with van der Waals surface area (Å²) >= 11 is 0. The van der Waals surface area contributed by atoms with Gasteiger partial charge in [-0.25, -0.2) is 9.13 Å². The predicted octanol–water partition coefficient (Wildman–Crippen LogP) is 25.2. The lowest BCUT2D eigenvalue weighted by atomic mass is 10.0. The van der Waals surface area contributed by atoms with Gasteiger partial charge >= 0.3 is 39.5 Å². The highest BCUT2D eigenvalue weighted by molar-refractivity contribution is 7.47. The Balaban J connectivity index is 5.24. The fourth-order valence-corrected chi connectivity index (χ4v) is 14.5. The lowest BCUT2D eigenvalue weighted by Gasteiger charge is -2.21. The molecule has 0 aliphatic carbocycles. The Bertz CT molecular complexity index is 1940. The van der Waals surface area contributed by atoms with E-state index in [1.54, 1.807) is 0 Å². The second-order valence-electron chi connectivity index (χ2n) is 30.3. The molecule has 0 aromatic heterocycles. The molecule has 102 heavy (non-hydrogen) atoms. The van der Waals surface area contributed by atoms with Crippen LogP contribution in [0, 0.1) is 5.92 Å². The summed E-state index contributed by atoms with van der Waals surface area (Å²) in [5.41, 5.74) is 0. The van der Waals surface area contributed by atoms with Crippen molar-refractivity contribution in [3.8, 4) is 0 Å². The van der Waals surface area contributed by atoms with E-state index >= 15 is 0 Å². The van der Waals surface area contributed by atoms with Gasteiger partial charge in [0.15, 0.2) is 12.2 Å². The molecule has 0 heterocycles. The van der Waals surface area contributed by atoms with Crippen molar-refractivity contribution >= 4 is 39.5 Å².